The molecule has 3 aromatic carbocycles. The van der Waals surface area contributed by atoms with E-state index in [-0.39, 0.29) is 20.3 Å². The first-order chi connectivity index (χ1) is 14.5. The summed E-state index contributed by atoms with van der Waals surface area (Å²) in [6, 6.07) is 15.0. The van der Waals surface area contributed by atoms with Gasteiger partial charge < -0.3 is 6.16 Å². The molecular formula is C22H16F6LiO2P. The Morgan fingerprint density at radius 2 is 1.38 bits per heavy atom. The number of carbonyl (C=O) groups excluding carboxylic acids is 1. The number of carbonyl (C=O) groups is 1. The molecule has 3 aromatic rings. The molecule has 32 heavy (non-hydrogen) atoms. The Kier molecular flexibility index (Phi) is 8.22. The predicted octanol–water partition coefficient (Wildman–Crippen LogP) is 4.09. The first-order valence-corrected chi connectivity index (χ1v) is 9.89. The van der Waals surface area contributed by atoms with Crippen molar-refractivity contribution >= 4 is 19.4 Å². The van der Waals surface area contributed by atoms with Crippen LogP contribution in [0.3, 0.4) is 0 Å². The van der Waals surface area contributed by atoms with Crippen molar-refractivity contribution in [1.82, 2.24) is 0 Å². The Labute approximate surface area is 195 Å². The molecule has 2 nitrogen and oxygen atoms in total. The standard InChI is InChI=1S/C22H15F6O2P.Li.H/c1-13-12-15(30-14-6-3-2-4-7-14)10-11-18(13)31-20(29)19-16(21(23,24)25)8-5-9-17(19)22(26,27)28;;/h2-12,31H,1H3;;/q;+1;-1. The molecule has 0 saturated heterocycles. The van der Waals surface area contributed by atoms with Crippen LogP contribution in [0, 0.1) is 6.92 Å². The fraction of sp³-hybridized carbons (Fsp3) is 0.136. The van der Waals surface area contributed by atoms with E-state index in [4.69, 9.17) is 4.74 Å². The molecule has 0 aliphatic carbocycles. The fourth-order valence-electron chi connectivity index (χ4n) is 2.92. The van der Waals surface area contributed by atoms with Gasteiger partial charge in [-0.15, -0.1) is 0 Å². The van der Waals surface area contributed by atoms with Gasteiger partial charge in [-0.1, -0.05) is 30.3 Å². The molecule has 164 valence electrons. The van der Waals surface area contributed by atoms with Gasteiger partial charge in [0.2, 0.25) is 0 Å². The summed E-state index contributed by atoms with van der Waals surface area (Å²) < 4.78 is 85.6. The molecule has 0 fully saturated rings. The molecule has 10 heteroatoms. The van der Waals surface area contributed by atoms with Crippen molar-refractivity contribution in [2.24, 2.45) is 0 Å². The summed E-state index contributed by atoms with van der Waals surface area (Å²) in [5, 5.41) is 0.329. The Morgan fingerprint density at radius 3 is 1.88 bits per heavy atom. The number of benzene rings is 3. The number of halogens is 6. The monoisotopic (exact) mass is 464 g/mol. The van der Waals surface area contributed by atoms with E-state index in [1.54, 1.807) is 37.3 Å². The topological polar surface area (TPSA) is 26.3 Å². The number of hydrogen-bond donors (Lipinski definition) is 0. The van der Waals surface area contributed by atoms with Crippen molar-refractivity contribution in [1.29, 1.82) is 0 Å². The average Bonchev–Trinajstić information content (AvgIpc) is 2.69. The minimum Gasteiger partial charge on any atom is -1.00 e. The molecular weight excluding hydrogens is 448 g/mol. The quantitative estimate of drug-likeness (QED) is 0.323. The predicted molar refractivity (Wildman–Crippen MR) is 108 cm³/mol. The van der Waals surface area contributed by atoms with Crippen molar-refractivity contribution < 1.29 is 56.2 Å². The van der Waals surface area contributed by atoms with Crippen LogP contribution in [0.5, 0.6) is 11.5 Å². The molecule has 0 amide bonds. The van der Waals surface area contributed by atoms with Crippen molar-refractivity contribution in [2.45, 2.75) is 19.3 Å². The molecule has 0 aliphatic heterocycles. The Hall–Kier alpha value is -2.26. The second-order valence-electron chi connectivity index (χ2n) is 6.57. The molecule has 0 bridgehead atoms. The van der Waals surface area contributed by atoms with Gasteiger partial charge in [-0.05, 0) is 62.8 Å². The van der Waals surface area contributed by atoms with Crippen molar-refractivity contribution in [3.8, 4) is 11.5 Å². The zero-order valence-electron chi connectivity index (χ0n) is 17.9. The van der Waals surface area contributed by atoms with Gasteiger partial charge in [-0.2, -0.15) is 26.3 Å². The minimum atomic E-state index is -5.10. The Balaban J connectivity index is 0.00000272. The van der Waals surface area contributed by atoms with E-state index >= 15 is 0 Å². The number of alkyl halides is 6. The van der Waals surface area contributed by atoms with E-state index in [0.717, 1.165) is 0 Å². The maximum atomic E-state index is 13.3. The first-order valence-electron chi connectivity index (χ1n) is 8.89. The third-order valence-electron chi connectivity index (χ3n) is 4.33. The number of para-hydroxylation sites is 1. The van der Waals surface area contributed by atoms with Crippen LogP contribution in [-0.2, 0) is 12.4 Å². The van der Waals surface area contributed by atoms with Crippen LogP contribution >= 0.6 is 8.58 Å². The Morgan fingerprint density at radius 1 is 0.812 bits per heavy atom. The van der Waals surface area contributed by atoms with Crippen molar-refractivity contribution in [2.75, 3.05) is 0 Å². The normalized spacial score (nSPS) is 12.0. The van der Waals surface area contributed by atoms with Gasteiger partial charge in [0.25, 0.3) is 0 Å². The summed E-state index contributed by atoms with van der Waals surface area (Å²) in [5.74, 6) is 0.985. The summed E-state index contributed by atoms with van der Waals surface area (Å²) in [5.41, 5.74) is -5.27. The summed E-state index contributed by atoms with van der Waals surface area (Å²) in [4.78, 5) is 12.7. The van der Waals surface area contributed by atoms with Crippen molar-refractivity contribution in [3.05, 3.63) is 89.0 Å². The molecule has 1 atom stereocenters. The van der Waals surface area contributed by atoms with Gasteiger partial charge in [-0.3, -0.25) is 4.79 Å². The van der Waals surface area contributed by atoms with E-state index in [1.807, 2.05) is 6.07 Å². The van der Waals surface area contributed by atoms with E-state index in [1.165, 1.54) is 12.1 Å². The summed E-state index contributed by atoms with van der Waals surface area (Å²) in [7, 11) is -0.925. The second-order valence-corrected chi connectivity index (χ2v) is 7.81. The van der Waals surface area contributed by atoms with Gasteiger partial charge in [0.1, 0.15) is 11.5 Å². The molecule has 3 rings (SSSR count). The number of hydrogen-bond acceptors (Lipinski definition) is 2. The van der Waals surface area contributed by atoms with E-state index in [2.05, 4.69) is 0 Å². The SMILES string of the molecule is Cc1cc(Oc2ccccc2)ccc1PC(=O)c1c(C(F)(F)F)cccc1C(F)(F)F.[H-].[Li+]. The molecule has 0 aromatic heterocycles. The molecule has 0 radical (unpaired) electrons. The second kappa shape index (κ2) is 10.1. The largest absolute Gasteiger partial charge is 1.00 e. The van der Waals surface area contributed by atoms with Gasteiger partial charge >= 0.3 is 31.2 Å². The zero-order chi connectivity index (χ0) is 22.8. The van der Waals surface area contributed by atoms with E-state index in [9.17, 15) is 31.1 Å². The third kappa shape index (κ3) is 6.16. The average molecular weight is 464 g/mol. The van der Waals surface area contributed by atoms with Gasteiger partial charge in [0.05, 0.1) is 11.1 Å². The van der Waals surface area contributed by atoms with Gasteiger partial charge in [0, 0.05) is 5.56 Å². The van der Waals surface area contributed by atoms with Crippen LogP contribution in [-0.4, -0.2) is 5.52 Å². The van der Waals surface area contributed by atoms with Crippen LogP contribution in [0.4, 0.5) is 26.3 Å². The molecule has 0 spiro atoms. The number of ether oxygens (including phenoxy) is 1. The molecule has 1 unspecified atom stereocenters. The third-order valence-corrected chi connectivity index (χ3v) is 5.63. The van der Waals surface area contributed by atoms with Crippen LogP contribution in [0.15, 0.2) is 66.7 Å². The molecule has 0 N–H and O–H groups in total. The molecule has 0 saturated carbocycles. The first kappa shape index (κ1) is 26.0. The molecule has 0 aliphatic rings. The Bertz CT molecular complexity index is 1070. The number of aryl methyl sites for hydroxylation is 1. The summed E-state index contributed by atoms with van der Waals surface area (Å²) >= 11 is 0. The van der Waals surface area contributed by atoms with Crippen LogP contribution in [0.2, 0.25) is 0 Å². The van der Waals surface area contributed by atoms with E-state index in [0.29, 0.717) is 40.6 Å². The van der Waals surface area contributed by atoms with E-state index < -0.39 is 43.1 Å². The maximum Gasteiger partial charge on any atom is 1.00 e. The fourth-order valence-corrected chi connectivity index (χ4v) is 3.99. The zero-order valence-corrected chi connectivity index (χ0v) is 17.9. The van der Waals surface area contributed by atoms with Crippen LogP contribution < -0.4 is 28.9 Å². The number of rotatable bonds is 5. The smallest absolute Gasteiger partial charge is 1.00 e. The van der Waals surface area contributed by atoms with Crippen LogP contribution in [0.25, 0.3) is 0 Å². The summed E-state index contributed by atoms with van der Waals surface area (Å²) in [6.45, 7) is 1.60. The summed E-state index contributed by atoms with van der Waals surface area (Å²) in [6.07, 6.45) is -10.2. The maximum absolute atomic E-state index is 13.3. The van der Waals surface area contributed by atoms with Crippen molar-refractivity contribution in [3.63, 3.8) is 0 Å². The van der Waals surface area contributed by atoms with Gasteiger partial charge in [0.15, 0.2) is 5.52 Å². The minimum absolute atomic E-state index is 0. The van der Waals surface area contributed by atoms with Gasteiger partial charge in [-0.25, -0.2) is 0 Å². The van der Waals surface area contributed by atoms with Crippen LogP contribution in [0.1, 0.15) is 28.5 Å². The molecule has 0 heterocycles.